The van der Waals surface area contributed by atoms with E-state index < -0.39 is 45.2 Å². The van der Waals surface area contributed by atoms with Crippen molar-refractivity contribution in [3.63, 3.8) is 0 Å². The number of piperidine rings is 1. The summed E-state index contributed by atoms with van der Waals surface area (Å²) >= 11 is 0.894. The van der Waals surface area contributed by atoms with E-state index in [-0.39, 0.29) is 41.3 Å². The zero-order valence-electron chi connectivity index (χ0n) is 22.9. The van der Waals surface area contributed by atoms with Gasteiger partial charge in [-0.3, -0.25) is 4.79 Å². The average Bonchev–Trinajstić information content (AvgIpc) is 3.32. The third-order valence-electron chi connectivity index (χ3n) is 6.26. The molecule has 44 heavy (non-hydrogen) atoms. The van der Waals surface area contributed by atoms with E-state index in [2.05, 4.69) is 15.3 Å². The second kappa shape index (κ2) is 14.2. The van der Waals surface area contributed by atoms with Gasteiger partial charge in [0.2, 0.25) is 15.8 Å². The maximum atomic E-state index is 14.0. The maximum absolute atomic E-state index is 14.0. The van der Waals surface area contributed by atoms with Crippen LogP contribution in [0.25, 0.3) is 0 Å². The Morgan fingerprint density at radius 1 is 1.16 bits per heavy atom. The molecule has 0 atom stereocenters. The number of benzene rings is 1. The van der Waals surface area contributed by atoms with E-state index in [0.717, 1.165) is 23.5 Å². The first-order valence-corrected chi connectivity index (χ1v) is 14.9. The molecule has 1 aromatic carbocycles. The average molecular weight is 667 g/mol. The van der Waals surface area contributed by atoms with Crippen molar-refractivity contribution in [3.05, 3.63) is 58.6 Å². The Labute approximate surface area is 252 Å². The van der Waals surface area contributed by atoms with Crippen molar-refractivity contribution in [2.75, 3.05) is 49.2 Å². The van der Waals surface area contributed by atoms with Gasteiger partial charge in [-0.15, -0.1) is 0 Å². The molecule has 240 valence electrons. The van der Waals surface area contributed by atoms with Crippen LogP contribution in [0.15, 0.2) is 41.4 Å². The lowest BCUT2D eigenvalue weighted by atomic mass is 10.1. The number of nitrogens with zero attached hydrogens (tertiary/aromatic N) is 4. The van der Waals surface area contributed by atoms with Crippen LogP contribution in [0.4, 0.5) is 38.7 Å². The van der Waals surface area contributed by atoms with Crippen LogP contribution in [0, 0.1) is 11.6 Å². The first-order valence-electron chi connectivity index (χ1n) is 12.7. The number of carbonyl (C=O) groups excluding carboxylic acids is 1. The van der Waals surface area contributed by atoms with Gasteiger partial charge in [0.15, 0.2) is 5.13 Å². The SMILES string of the molecule is CN(CCO)c1ccc(S(=O)(=O)N2CCC(Nc3nc(N)c(C(=O)c4c(F)cccc4F)s3)CC2)cn1.O=C(O)C(F)(F)F. The van der Waals surface area contributed by atoms with Gasteiger partial charge in [-0.2, -0.15) is 17.5 Å². The van der Waals surface area contributed by atoms with Gasteiger partial charge in [0.25, 0.3) is 0 Å². The quantitative estimate of drug-likeness (QED) is 0.195. The monoisotopic (exact) mass is 666 g/mol. The molecule has 19 heteroatoms. The van der Waals surface area contributed by atoms with Crippen LogP contribution in [0.3, 0.4) is 0 Å². The van der Waals surface area contributed by atoms with Crippen molar-refractivity contribution < 1.29 is 50.2 Å². The molecule has 0 amide bonds. The molecule has 2 aromatic heterocycles. The predicted octanol–water partition coefficient (Wildman–Crippen LogP) is 2.96. The minimum absolute atomic E-state index is 0.0451. The van der Waals surface area contributed by atoms with Crippen molar-refractivity contribution in [1.82, 2.24) is 14.3 Å². The Balaban J connectivity index is 0.000000676. The number of nitrogens with two attached hydrogens (primary N) is 1. The molecule has 1 aliphatic rings. The molecule has 0 bridgehead atoms. The topological polar surface area (TPSA) is 179 Å². The first-order chi connectivity index (χ1) is 20.6. The molecule has 1 aliphatic heterocycles. The summed E-state index contributed by atoms with van der Waals surface area (Å²) in [5, 5.41) is 19.6. The molecular weight excluding hydrogens is 639 g/mol. The number of hydrogen-bond acceptors (Lipinski definition) is 11. The molecule has 0 saturated carbocycles. The number of pyridine rings is 1. The number of aliphatic carboxylic acids is 1. The summed E-state index contributed by atoms with van der Waals surface area (Å²) in [4.78, 5) is 31.6. The smallest absolute Gasteiger partial charge is 0.475 e. The number of sulfonamides is 1. The number of hydrogen-bond donors (Lipinski definition) is 4. The van der Waals surface area contributed by atoms with E-state index in [0.29, 0.717) is 30.3 Å². The summed E-state index contributed by atoms with van der Waals surface area (Å²) in [6, 6.07) is 6.10. The van der Waals surface area contributed by atoms with Crippen molar-refractivity contribution in [3.8, 4) is 0 Å². The summed E-state index contributed by atoms with van der Waals surface area (Å²) < 4.78 is 87.3. The van der Waals surface area contributed by atoms with Crippen molar-refractivity contribution >= 4 is 49.9 Å². The fourth-order valence-electron chi connectivity index (χ4n) is 3.96. The predicted molar refractivity (Wildman–Crippen MR) is 150 cm³/mol. The van der Waals surface area contributed by atoms with E-state index in [4.69, 9.17) is 20.7 Å². The molecule has 4 rings (SSSR count). The standard InChI is InChI=1S/C23H26F2N6O4S2.C2HF3O2/c1-30(11-12-32)18-6-5-15(13-27-18)37(34,35)31-9-7-14(8-10-31)28-23-29-22(26)21(36-23)20(33)19-16(24)3-2-4-17(19)25;3-2(4,5)1(6)7/h2-6,13-14,32H,7-12,26H2,1H3,(H,28,29);(H,6,7). The number of carboxylic acid groups (broad SMARTS) is 1. The van der Waals surface area contributed by atoms with Gasteiger partial charge in [0.1, 0.15) is 33.0 Å². The Kier molecular flexibility index (Phi) is 11.2. The number of halogens is 5. The number of carboxylic acids is 1. The Bertz CT molecular complexity index is 1560. The molecule has 3 heterocycles. The lowest BCUT2D eigenvalue weighted by Gasteiger charge is -2.31. The van der Waals surface area contributed by atoms with Crippen molar-refractivity contribution in [2.45, 2.75) is 30.0 Å². The minimum Gasteiger partial charge on any atom is -0.475 e. The summed E-state index contributed by atoms with van der Waals surface area (Å²) in [7, 11) is -1.99. The molecule has 1 fully saturated rings. The van der Waals surface area contributed by atoms with Gasteiger partial charge in [-0.1, -0.05) is 17.4 Å². The van der Waals surface area contributed by atoms with Gasteiger partial charge in [0.05, 0.1) is 12.2 Å². The van der Waals surface area contributed by atoms with E-state index in [1.54, 1.807) is 18.0 Å². The number of nitrogens with one attached hydrogen (secondary N) is 1. The number of alkyl halides is 3. The Morgan fingerprint density at radius 3 is 2.25 bits per heavy atom. The molecule has 0 unspecified atom stereocenters. The summed E-state index contributed by atoms with van der Waals surface area (Å²) in [6.07, 6.45) is -2.85. The number of carbonyl (C=O) groups is 2. The highest BCUT2D eigenvalue weighted by Gasteiger charge is 2.38. The van der Waals surface area contributed by atoms with Crippen LogP contribution in [0.2, 0.25) is 0 Å². The summed E-state index contributed by atoms with van der Waals surface area (Å²) in [6.45, 7) is 0.828. The molecule has 3 aromatic rings. The number of ketones is 1. The van der Waals surface area contributed by atoms with Crippen molar-refractivity contribution in [1.29, 1.82) is 0 Å². The maximum Gasteiger partial charge on any atom is 0.490 e. The summed E-state index contributed by atoms with van der Waals surface area (Å²) in [5.74, 6) is -5.20. The largest absolute Gasteiger partial charge is 0.490 e. The van der Waals surface area contributed by atoms with E-state index in [9.17, 15) is 35.2 Å². The molecule has 12 nitrogen and oxygen atoms in total. The molecule has 1 saturated heterocycles. The van der Waals surface area contributed by atoms with E-state index >= 15 is 0 Å². The molecule has 0 aliphatic carbocycles. The molecule has 0 radical (unpaired) electrons. The molecule has 5 N–H and O–H groups in total. The number of aromatic nitrogens is 2. The highest BCUT2D eigenvalue weighted by Crippen LogP contribution is 2.31. The third kappa shape index (κ3) is 8.36. The number of rotatable bonds is 9. The van der Waals surface area contributed by atoms with Gasteiger partial charge in [-0.05, 0) is 37.1 Å². The molecule has 0 spiro atoms. The second-order valence-electron chi connectivity index (χ2n) is 9.28. The lowest BCUT2D eigenvalue weighted by molar-refractivity contribution is -0.192. The highest BCUT2D eigenvalue weighted by atomic mass is 32.2. The first kappa shape index (κ1) is 34.5. The van der Waals surface area contributed by atoms with E-state index in [1.807, 2.05) is 0 Å². The third-order valence-corrected chi connectivity index (χ3v) is 9.14. The van der Waals surface area contributed by atoms with Crippen LogP contribution < -0.4 is 16.0 Å². The number of aliphatic hydroxyl groups excluding tert-OH is 1. The van der Waals surface area contributed by atoms with Crippen LogP contribution in [0.5, 0.6) is 0 Å². The van der Waals surface area contributed by atoms with Gasteiger partial charge in [-0.25, -0.2) is 32.0 Å². The highest BCUT2D eigenvalue weighted by molar-refractivity contribution is 7.89. The van der Waals surface area contributed by atoms with E-state index in [1.165, 1.54) is 22.6 Å². The van der Waals surface area contributed by atoms with Crippen LogP contribution >= 0.6 is 11.3 Å². The fourth-order valence-corrected chi connectivity index (χ4v) is 6.29. The Hall–Kier alpha value is -3.94. The zero-order valence-corrected chi connectivity index (χ0v) is 24.5. The van der Waals surface area contributed by atoms with Crippen LogP contribution in [0.1, 0.15) is 28.1 Å². The van der Waals surface area contributed by atoms with Gasteiger partial charge in [0, 0.05) is 38.9 Å². The summed E-state index contributed by atoms with van der Waals surface area (Å²) in [5.41, 5.74) is 5.17. The second-order valence-corrected chi connectivity index (χ2v) is 12.2. The Morgan fingerprint density at radius 2 is 1.75 bits per heavy atom. The zero-order chi connectivity index (χ0) is 32.8. The van der Waals surface area contributed by atoms with Gasteiger partial charge < -0.3 is 26.2 Å². The minimum atomic E-state index is -5.08. The number of likely N-dealkylation sites (N-methyl/N-ethyl adjacent to an activating group) is 1. The number of thiazole rings is 1. The fraction of sp³-hybridized carbons (Fsp3) is 0.360. The lowest BCUT2D eigenvalue weighted by Crippen LogP contribution is -2.42. The van der Waals surface area contributed by atoms with Crippen LogP contribution in [-0.4, -0.2) is 90.2 Å². The number of aliphatic hydroxyl groups is 1. The number of anilines is 3. The normalized spacial score (nSPS) is 14.4. The number of nitrogen functional groups attached to an aromatic ring is 1. The van der Waals surface area contributed by atoms with Gasteiger partial charge >= 0.3 is 12.1 Å². The van der Waals surface area contributed by atoms with Crippen LogP contribution in [-0.2, 0) is 14.8 Å². The van der Waals surface area contributed by atoms with Crippen molar-refractivity contribution in [2.24, 2.45) is 0 Å². The molecular formula is C25H27F5N6O6S2.